The number of aliphatic hydroxyl groups is 1. The molecule has 0 aliphatic heterocycles. The van der Waals surface area contributed by atoms with E-state index >= 15 is 0 Å². The first-order valence-corrected chi connectivity index (χ1v) is 14.7. The van der Waals surface area contributed by atoms with Crippen molar-refractivity contribution in [3.63, 3.8) is 0 Å². The van der Waals surface area contributed by atoms with Gasteiger partial charge in [-0.2, -0.15) is 0 Å². The van der Waals surface area contributed by atoms with Crippen molar-refractivity contribution in [1.82, 2.24) is 0 Å². The van der Waals surface area contributed by atoms with Gasteiger partial charge in [-0.25, -0.2) is 4.21 Å². The van der Waals surface area contributed by atoms with Gasteiger partial charge in [0.1, 0.15) is 11.5 Å². The van der Waals surface area contributed by atoms with E-state index < -0.39 is 29.1 Å². The van der Waals surface area contributed by atoms with Crippen molar-refractivity contribution >= 4 is 22.4 Å². The number of rotatable bonds is 8. The lowest BCUT2D eigenvalue weighted by Crippen LogP contribution is -2.15. The number of anilines is 1. The maximum Gasteiger partial charge on any atom is 0.259 e. The normalized spacial score (nSPS) is 12.4. The van der Waals surface area contributed by atoms with Crippen LogP contribution in [0.1, 0.15) is 78.7 Å². The van der Waals surface area contributed by atoms with Crippen LogP contribution in [0.15, 0.2) is 88.7 Å². The molecule has 4 rings (SSSR count). The number of amides is 1. The van der Waals surface area contributed by atoms with Gasteiger partial charge in [0.15, 0.2) is 0 Å². The number of nitrogens with one attached hydrogen (secondary N) is 1. The molecule has 41 heavy (non-hydrogen) atoms. The SMILES string of the molecule is CC(C)c1ccccc1Cc1cc(C(=O)Nc2ccc(S(=O)c3ccccc3C(C)(C)C)cc2)c(O)c(CO)c1O. The van der Waals surface area contributed by atoms with Gasteiger partial charge < -0.3 is 20.6 Å². The summed E-state index contributed by atoms with van der Waals surface area (Å²) in [5, 5.41) is 34.3. The Kier molecular flexibility index (Phi) is 9.00. The molecule has 7 heteroatoms. The molecule has 0 aliphatic rings. The van der Waals surface area contributed by atoms with Crippen molar-refractivity contribution in [2.75, 3.05) is 5.32 Å². The molecule has 1 unspecified atom stereocenters. The topological polar surface area (TPSA) is 107 Å². The van der Waals surface area contributed by atoms with E-state index in [1.54, 1.807) is 24.3 Å². The molecule has 0 spiro atoms. The largest absolute Gasteiger partial charge is 0.507 e. The summed E-state index contributed by atoms with van der Waals surface area (Å²) in [6.45, 7) is 9.77. The van der Waals surface area contributed by atoms with Gasteiger partial charge in [-0.1, -0.05) is 77.1 Å². The summed E-state index contributed by atoms with van der Waals surface area (Å²) < 4.78 is 13.4. The Morgan fingerprint density at radius 1 is 0.878 bits per heavy atom. The molecule has 0 bridgehead atoms. The molecule has 1 atom stereocenters. The van der Waals surface area contributed by atoms with Crippen LogP contribution in [0.25, 0.3) is 0 Å². The third-order valence-electron chi connectivity index (χ3n) is 7.13. The Bertz CT molecular complexity index is 1590. The summed E-state index contributed by atoms with van der Waals surface area (Å²) in [7, 11) is -1.41. The third-order valence-corrected chi connectivity index (χ3v) is 8.59. The van der Waals surface area contributed by atoms with Crippen molar-refractivity contribution < 1.29 is 24.3 Å². The van der Waals surface area contributed by atoms with E-state index in [1.165, 1.54) is 6.07 Å². The predicted octanol–water partition coefficient (Wildman–Crippen LogP) is 7.02. The first-order valence-electron chi connectivity index (χ1n) is 13.6. The van der Waals surface area contributed by atoms with Crippen molar-refractivity contribution in [3.8, 4) is 11.5 Å². The van der Waals surface area contributed by atoms with Crippen LogP contribution in [-0.2, 0) is 29.2 Å². The van der Waals surface area contributed by atoms with Gasteiger partial charge in [0.25, 0.3) is 5.91 Å². The number of aliphatic hydroxyl groups excluding tert-OH is 1. The lowest BCUT2D eigenvalue weighted by molar-refractivity contribution is 0.102. The number of aromatic hydroxyl groups is 2. The molecule has 6 nitrogen and oxygen atoms in total. The van der Waals surface area contributed by atoms with Gasteiger partial charge in [0.05, 0.1) is 28.5 Å². The maximum atomic E-state index is 13.4. The molecule has 0 heterocycles. The van der Waals surface area contributed by atoms with Crippen LogP contribution in [-0.4, -0.2) is 25.4 Å². The summed E-state index contributed by atoms with van der Waals surface area (Å²) in [6, 6.07) is 23.7. The minimum absolute atomic E-state index is 0.0596. The second-order valence-electron chi connectivity index (χ2n) is 11.4. The Balaban J connectivity index is 1.61. The third kappa shape index (κ3) is 6.53. The monoisotopic (exact) mass is 571 g/mol. The van der Waals surface area contributed by atoms with Crippen molar-refractivity contribution in [1.29, 1.82) is 0 Å². The highest BCUT2D eigenvalue weighted by Gasteiger charge is 2.23. The zero-order valence-corrected chi connectivity index (χ0v) is 24.9. The average Bonchev–Trinajstić information content (AvgIpc) is 2.94. The average molecular weight is 572 g/mol. The first kappa shape index (κ1) is 30.0. The van der Waals surface area contributed by atoms with Crippen LogP contribution < -0.4 is 5.32 Å². The standard InChI is InChI=1S/C34H37NO5S/c1-21(2)26-11-7-6-10-22(26)18-23-19-27(32(38)28(20-36)31(23)37)33(39)35-24-14-16-25(17-15-24)41(40)30-13-9-8-12-29(30)34(3,4)5/h6-17,19,21,36-38H,18,20H2,1-5H3,(H,35,39). The fraction of sp³-hybridized carbons (Fsp3) is 0.265. The number of carbonyl (C=O) groups is 1. The molecule has 0 saturated heterocycles. The van der Waals surface area contributed by atoms with Crippen molar-refractivity contribution in [2.45, 2.75) is 68.8 Å². The molecule has 214 valence electrons. The molecular weight excluding hydrogens is 534 g/mol. The van der Waals surface area contributed by atoms with Crippen LogP contribution in [0.2, 0.25) is 0 Å². The lowest BCUT2D eigenvalue weighted by atomic mass is 9.87. The quantitative estimate of drug-likeness (QED) is 0.182. The molecule has 1 amide bonds. The second-order valence-corrected chi connectivity index (χ2v) is 12.9. The van der Waals surface area contributed by atoms with Gasteiger partial charge in [-0.15, -0.1) is 0 Å². The van der Waals surface area contributed by atoms with Gasteiger partial charge in [0, 0.05) is 21.9 Å². The van der Waals surface area contributed by atoms with Gasteiger partial charge >= 0.3 is 0 Å². The molecule has 0 radical (unpaired) electrons. The molecule has 4 N–H and O–H groups in total. The minimum Gasteiger partial charge on any atom is -0.507 e. The zero-order valence-electron chi connectivity index (χ0n) is 24.1. The Morgan fingerprint density at radius 3 is 2.15 bits per heavy atom. The van der Waals surface area contributed by atoms with Crippen LogP contribution in [0.5, 0.6) is 11.5 Å². The van der Waals surface area contributed by atoms with Gasteiger partial charge in [0.2, 0.25) is 0 Å². The summed E-state index contributed by atoms with van der Waals surface area (Å²) in [5.41, 5.74) is 3.64. The molecule has 4 aromatic rings. The highest BCUT2D eigenvalue weighted by molar-refractivity contribution is 7.85. The van der Waals surface area contributed by atoms with E-state index in [9.17, 15) is 24.3 Å². The second kappa shape index (κ2) is 12.3. The fourth-order valence-corrected chi connectivity index (χ4v) is 6.35. The maximum absolute atomic E-state index is 13.4. The van der Waals surface area contributed by atoms with E-state index in [1.807, 2.05) is 48.5 Å². The zero-order chi connectivity index (χ0) is 29.9. The highest BCUT2D eigenvalue weighted by Crippen LogP contribution is 2.37. The van der Waals surface area contributed by atoms with E-state index in [4.69, 9.17) is 0 Å². The first-order chi connectivity index (χ1) is 19.4. The molecule has 4 aromatic carbocycles. The number of hydrogen-bond donors (Lipinski definition) is 4. The molecule has 0 aromatic heterocycles. The van der Waals surface area contributed by atoms with Gasteiger partial charge in [-0.3, -0.25) is 4.79 Å². The molecule has 0 saturated carbocycles. The number of hydrogen-bond acceptors (Lipinski definition) is 5. The predicted molar refractivity (Wildman–Crippen MR) is 163 cm³/mol. The number of benzene rings is 4. The van der Waals surface area contributed by atoms with Crippen LogP contribution in [0.3, 0.4) is 0 Å². The smallest absolute Gasteiger partial charge is 0.259 e. The van der Waals surface area contributed by atoms with E-state index in [0.29, 0.717) is 22.6 Å². The number of carbonyl (C=O) groups excluding carboxylic acids is 1. The summed E-state index contributed by atoms with van der Waals surface area (Å²) in [6.07, 6.45) is 0.324. The lowest BCUT2D eigenvalue weighted by Gasteiger charge is -2.22. The molecule has 0 fully saturated rings. The summed E-state index contributed by atoms with van der Waals surface area (Å²) in [4.78, 5) is 14.6. The summed E-state index contributed by atoms with van der Waals surface area (Å²) in [5.74, 6) is -1.05. The van der Waals surface area contributed by atoms with E-state index in [2.05, 4.69) is 39.9 Å². The molecular formula is C34H37NO5S. The van der Waals surface area contributed by atoms with Gasteiger partial charge in [-0.05, 0) is 70.0 Å². The Hall–Kier alpha value is -3.94. The van der Waals surface area contributed by atoms with Crippen molar-refractivity contribution in [3.05, 3.63) is 112 Å². The fourth-order valence-electron chi connectivity index (χ4n) is 4.94. The van der Waals surface area contributed by atoms with E-state index in [0.717, 1.165) is 21.6 Å². The summed E-state index contributed by atoms with van der Waals surface area (Å²) >= 11 is 0. The highest BCUT2D eigenvalue weighted by atomic mass is 32.2. The van der Waals surface area contributed by atoms with Crippen molar-refractivity contribution in [2.24, 2.45) is 0 Å². The Morgan fingerprint density at radius 2 is 1.51 bits per heavy atom. The minimum atomic E-state index is -1.41. The van der Waals surface area contributed by atoms with Crippen LogP contribution in [0, 0.1) is 0 Å². The van der Waals surface area contributed by atoms with E-state index in [-0.39, 0.29) is 28.2 Å². The van der Waals surface area contributed by atoms with Crippen LogP contribution in [0.4, 0.5) is 5.69 Å². The Labute approximate surface area is 244 Å². The molecule has 0 aliphatic carbocycles. The number of phenols is 2. The van der Waals surface area contributed by atoms with Crippen LogP contribution >= 0.6 is 0 Å².